The van der Waals surface area contributed by atoms with Crippen molar-refractivity contribution in [2.24, 2.45) is 0 Å². The minimum atomic E-state index is -0.0235. The van der Waals surface area contributed by atoms with Gasteiger partial charge in [0.2, 0.25) is 0 Å². The summed E-state index contributed by atoms with van der Waals surface area (Å²) in [6.45, 7) is -0.0235. The average Bonchev–Trinajstić information content (AvgIpc) is 2.05. The standard InChI is InChI=1S/C9H10O3/c10-4-3-7-5-9(12)2-1-8(7)6-11/h1-2,5-6,10,12H,3-4H2. The van der Waals surface area contributed by atoms with Gasteiger partial charge < -0.3 is 10.2 Å². The molecule has 0 unspecified atom stereocenters. The third-order valence-corrected chi connectivity index (χ3v) is 1.63. The number of aromatic hydroxyl groups is 1. The van der Waals surface area contributed by atoms with Crippen LogP contribution in [0.5, 0.6) is 5.75 Å². The molecular weight excluding hydrogens is 156 g/mol. The number of aliphatic hydroxyl groups is 1. The number of phenolic OH excluding ortho intramolecular Hbond substituents is 1. The molecule has 3 nitrogen and oxygen atoms in total. The average molecular weight is 166 g/mol. The molecule has 2 N–H and O–H groups in total. The van der Waals surface area contributed by atoms with Crippen molar-refractivity contribution >= 4 is 6.29 Å². The second-order valence-corrected chi connectivity index (χ2v) is 2.47. The summed E-state index contributed by atoms with van der Waals surface area (Å²) in [5, 5.41) is 17.7. The molecule has 0 fully saturated rings. The first kappa shape index (κ1) is 8.74. The minimum absolute atomic E-state index is 0.0235. The van der Waals surface area contributed by atoms with Gasteiger partial charge in [-0.3, -0.25) is 4.79 Å². The lowest BCUT2D eigenvalue weighted by molar-refractivity contribution is 0.112. The van der Waals surface area contributed by atoms with Gasteiger partial charge in [0.05, 0.1) is 0 Å². The summed E-state index contributed by atoms with van der Waals surface area (Å²) in [5.74, 6) is 0.115. The number of carbonyl (C=O) groups is 1. The molecular formula is C9H10O3. The molecule has 1 rings (SSSR count). The second-order valence-electron chi connectivity index (χ2n) is 2.47. The Kier molecular flexibility index (Phi) is 2.82. The van der Waals surface area contributed by atoms with Gasteiger partial charge in [-0.2, -0.15) is 0 Å². The highest BCUT2D eigenvalue weighted by Crippen LogP contribution is 2.15. The molecule has 0 radical (unpaired) electrons. The number of aliphatic hydroxyl groups excluding tert-OH is 1. The van der Waals surface area contributed by atoms with E-state index >= 15 is 0 Å². The monoisotopic (exact) mass is 166 g/mol. The molecule has 0 spiro atoms. The molecule has 0 amide bonds. The van der Waals surface area contributed by atoms with Crippen LogP contribution in [0.4, 0.5) is 0 Å². The van der Waals surface area contributed by atoms with Crippen molar-refractivity contribution in [2.75, 3.05) is 6.61 Å². The van der Waals surface area contributed by atoms with Crippen LogP contribution >= 0.6 is 0 Å². The van der Waals surface area contributed by atoms with Crippen LogP contribution in [0.2, 0.25) is 0 Å². The zero-order valence-electron chi connectivity index (χ0n) is 6.53. The number of aldehydes is 1. The molecule has 1 aromatic carbocycles. The lowest BCUT2D eigenvalue weighted by Gasteiger charge is -2.02. The molecule has 0 saturated carbocycles. The Bertz CT molecular complexity index is 281. The fourth-order valence-electron chi connectivity index (χ4n) is 1.04. The van der Waals surface area contributed by atoms with E-state index in [1.807, 2.05) is 0 Å². The molecule has 0 bridgehead atoms. The van der Waals surface area contributed by atoms with E-state index in [4.69, 9.17) is 10.2 Å². The number of carbonyl (C=O) groups excluding carboxylic acids is 1. The van der Waals surface area contributed by atoms with Crippen LogP contribution < -0.4 is 0 Å². The fourth-order valence-corrected chi connectivity index (χ4v) is 1.04. The van der Waals surface area contributed by atoms with E-state index in [2.05, 4.69) is 0 Å². The summed E-state index contributed by atoms with van der Waals surface area (Å²) in [4.78, 5) is 10.5. The van der Waals surface area contributed by atoms with Crippen LogP contribution in [0, 0.1) is 0 Å². The summed E-state index contributed by atoms with van der Waals surface area (Å²) in [6, 6.07) is 4.47. The minimum Gasteiger partial charge on any atom is -0.508 e. The van der Waals surface area contributed by atoms with Crippen LogP contribution in [0.15, 0.2) is 18.2 Å². The van der Waals surface area contributed by atoms with Gasteiger partial charge in [0.25, 0.3) is 0 Å². The van der Waals surface area contributed by atoms with Crippen LogP contribution in [-0.4, -0.2) is 23.1 Å². The van der Waals surface area contributed by atoms with E-state index in [0.29, 0.717) is 23.8 Å². The van der Waals surface area contributed by atoms with E-state index in [1.54, 1.807) is 0 Å². The molecule has 0 heterocycles. The maximum Gasteiger partial charge on any atom is 0.150 e. The van der Waals surface area contributed by atoms with Crippen LogP contribution in [0.1, 0.15) is 15.9 Å². The molecule has 64 valence electrons. The normalized spacial score (nSPS) is 9.75. The predicted octanol–water partition coefficient (Wildman–Crippen LogP) is 0.740. The highest BCUT2D eigenvalue weighted by atomic mass is 16.3. The number of benzene rings is 1. The van der Waals surface area contributed by atoms with Gasteiger partial charge in [-0.25, -0.2) is 0 Å². The van der Waals surface area contributed by atoms with Gasteiger partial charge in [-0.15, -0.1) is 0 Å². The summed E-state index contributed by atoms with van der Waals surface area (Å²) in [7, 11) is 0. The Morgan fingerprint density at radius 1 is 1.42 bits per heavy atom. The maximum atomic E-state index is 10.5. The Labute approximate surface area is 70.3 Å². The second kappa shape index (κ2) is 3.88. The molecule has 3 heteroatoms. The first-order valence-corrected chi connectivity index (χ1v) is 3.66. The maximum absolute atomic E-state index is 10.5. The van der Waals surface area contributed by atoms with E-state index in [9.17, 15) is 4.79 Å². The van der Waals surface area contributed by atoms with Crippen molar-refractivity contribution in [1.29, 1.82) is 0 Å². The van der Waals surface area contributed by atoms with Gasteiger partial charge in [-0.1, -0.05) is 0 Å². The van der Waals surface area contributed by atoms with Gasteiger partial charge in [0.1, 0.15) is 12.0 Å². The number of rotatable bonds is 3. The van der Waals surface area contributed by atoms with E-state index < -0.39 is 0 Å². The molecule has 0 aliphatic rings. The number of hydrogen-bond acceptors (Lipinski definition) is 3. The van der Waals surface area contributed by atoms with Gasteiger partial charge in [0.15, 0.2) is 0 Å². The van der Waals surface area contributed by atoms with Crippen molar-refractivity contribution in [2.45, 2.75) is 6.42 Å². The molecule has 0 aliphatic carbocycles. The Balaban J connectivity index is 3.03. The highest BCUT2D eigenvalue weighted by Gasteiger charge is 2.01. The number of phenols is 1. The molecule has 0 aliphatic heterocycles. The van der Waals surface area contributed by atoms with Gasteiger partial charge in [0, 0.05) is 12.2 Å². The molecule has 0 aromatic heterocycles. The zero-order valence-corrected chi connectivity index (χ0v) is 6.53. The first-order valence-electron chi connectivity index (χ1n) is 3.66. The van der Waals surface area contributed by atoms with Crippen LogP contribution in [-0.2, 0) is 6.42 Å². The largest absolute Gasteiger partial charge is 0.508 e. The highest BCUT2D eigenvalue weighted by molar-refractivity contribution is 5.77. The van der Waals surface area contributed by atoms with E-state index in [1.165, 1.54) is 18.2 Å². The van der Waals surface area contributed by atoms with Gasteiger partial charge >= 0.3 is 0 Å². The van der Waals surface area contributed by atoms with Crippen molar-refractivity contribution in [3.8, 4) is 5.75 Å². The topological polar surface area (TPSA) is 57.5 Å². The van der Waals surface area contributed by atoms with Crippen molar-refractivity contribution in [3.05, 3.63) is 29.3 Å². The zero-order chi connectivity index (χ0) is 8.97. The number of hydrogen-bond donors (Lipinski definition) is 2. The van der Waals surface area contributed by atoms with Crippen LogP contribution in [0.3, 0.4) is 0 Å². The third kappa shape index (κ3) is 1.83. The molecule has 1 aromatic rings. The fraction of sp³-hybridized carbons (Fsp3) is 0.222. The smallest absolute Gasteiger partial charge is 0.150 e. The van der Waals surface area contributed by atoms with Crippen molar-refractivity contribution in [1.82, 2.24) is 0 Å². The summed E-state index contributed by atoms with van der Waals surface area (Å²) in [6.07, 6.45) is 1.10. The lowest BCUT2D eigenvalue weighted by atomic mass is 10.1. The summed E-state index contributed by atoms with van der Waals surface area (Å²) < 4.78 is 0. The Morgan fingerprint density at radius 2 is 2.17 bits per heavy atom. The molecule has 0 atom stereocenters. The van der Waals surface area contributed by atoms with E-state index in [-0.39, 0.29) is 12.4 Å². The van der Waals surface area contributed by atoms with Crippen LogP contribution in [0.25, 0.3) is 0 Å². The SMILES string of the molecule is O=Cc1ccc(O)cc1CCO. The van der Waals surface area contributed by atoms with Crippen molar-refractivity contribution < 1.29 is 15.0 Å². The molecule has 0 saturated heterocycles. The summed E-state index contributed by atoms with van der Waals surface area (Å²) >= 11 is 0. The quantitative estimate of drug-likeness (QED) is 0.651. The van der Waals surface area contributed by atoms with E-state index in [0.717, 1.165) is 0 Å². The lowest BCUT2D eigenvalue weighted by Crippen LogP contribution is -1.95. The predicted molar refractivity (Wildman–Crippen MR) is 44.3 cm³/mol. The third-order valence-electron chi connectivity index (χ3n) is 1.63. The first-order chi connectivity index (χ1) is 5.77. The van der Waals surface area contributed by atoms with Gasteiger partial charge in [-0.05, 0) is 30.2 Å². The Morgan fingerprint density at radius 3 is 2.75 bits per heavy atom. The molecule has 12 heavy (non-hydrogen) atoms. The van der Waals surface area contributed by atoms with Crippen molar-refractivity contribution in [3.63, 3.8) is 0 Å². The summed E-state index contributed by atoms with van der Waals surface area (Å²) in [5.41, 5.74) is 1.19. The Hall–Kier alpha value is -1.35.